The second-order valence-corrected chi connectivity index (χ2v) is 8.84. The molecule has 0 N–H and O–H groups in total. The van der Waals surface area contributed by atoms with E-state index in [1.807, 2.05) is 48.9 Å². The summed E-state index contributed by atoms with van der Waals surface area (Å²) in [6.45, 7) is 6.07. The summed E-state index contributed by atoms with van der Waals surface area (Å²) in [6, 6.07) is 10.9. The molecule has 0 aliphatic carbocycles. The first-order valence-electron chi connectivity index (χ1n) is 9.46. The summed E-state index contributed by atoms with van der Waals surface area (Å²) in [4.78, 5) is 5.45. The van der Waals surface area contributed by atoms with Crippen LogP contribution in [0.25, 0.3) is 22.2 Å². The molecule has 5 rings (SSSR count). The Labute approximate surface area is 186 Å². The zero-order valence-electron chi connectivity index (χ0n) is 16.2. The molecule has 0 spiro atoms. The number of ether oxygens (including phenoxy) is 1. The molecule has 29 heavy (non-hydrogen) atoms. The molecule has 1 aliphatic rings. The van der Waals surface area contributed by atoms with Crippen LogP contribution in [-0.2, 0) is 6.42 Å². The van der Waals surface area contributed by atoms with Gasteiger partial charge in [-0.05, 0) is 42.8 Å². The van der Waals surface area contributed by atoms with Crippen LogP contribution >= 0.6 is 38.9 Å². The van der Waals surface area contributed by atoms with E-state index in [-0.39, 0.29) is 5.82 Å². The molecule has 0 saturated heterocycles. The fraction of sp³-hybridized carbons (Fsp3) is 0.227. The molecule has 0 bridgehead atoms. The van der Waals surface area contributed by atoms with Crippen molar-refractivity contribution in [2.45, 2.75) is 33.4 Å². The monoisotopic (exact) mass is 492 g/mol. The van der Waals surface area contributed by atoms with Gasteiger partial charge in [-0.2, -0.15) is 0 Å². The summed E-state index contributed by atoms with van der Waals surface area (Å²) in [6.07, 6.45) is 2.31. The van der Waals surface area contributed by atoms with Gasteiger partial charge in [0.25, 0.3) is 0 Å². The van der Waals surface area contributed by atoms with Crippen molar-refractivity contribution in [2.75, 3.05) is 0 Å². The van der Waals surface area contributed by atoms with Gasteiger partial charge in [0.1, 0.15) is 11.6 Å². The van der Waals surface area contributed by atoms with Crippen molar-refractivity contribution in [2.24, 2.45) is 0 Å². The summed E-state index contributed by atoms with van der Waals surface area (Å²) < 4.78 is 23.8. The number of benzene rings is 2. The van der Waals surface area contributed by atoms with Gasteiger partial charge in [-0.3, -0.25) is 4.57 Å². The number of aromatic nitrogens is 2. The Morgan fingerprint density at radius 2 is 2.03 bits per heavy atom. The topological polar surface area (TPSA) is 27.1 Å². The third kappa shape index (κ3) is 3.47. The van der Waals surface area contributed by atoms with E-state index in [4.69, 9.17) is 16.3 Å². The second-order valence-electron chi connectivity index (χ2n) is 6.34. The van der Waals surface area contributed by atoms with E-state index in [1.54, 1.807) is 17.4 Å². The summed E-state index contributed by atoms with van der Waals surface area (Å²) in [7, 11) is 0. The van der Waals surface area contributed by atoms with Crippen molar-refractivity contribution in [1.82, 2.24) is 9.55 Å². The predicted molar refractivity (Wildman–Crippen MR) is 122 cm³/mol. The molecule has 4 aromatic rings. The minimum Gasteiger partial charge on any atom is -0.464 e. The number of rotatable bonds is 2. The van der Waals surface area contributed by atoms with Gasteiger partial charge in [0.15, 0.2) is 0 Å². The Kier molecular flexibility index (Phi) is 5.69. The Bertz CT molecular complexity index is 1200. The van der Waals surface area contributed by atoms with Crippen molar-refractivity contribution in [3.8, 4) is 17.0 Å². The van der Waals surface area contributed by atoms with Gasteiger partial charge in [-0.25, -0.2) is 9.37 Å². The van der Waals surface area contributed by atoms with E-state index in [1.165, 1.54) is 6.07 Å². The molecule has 0 amide bonds. The molecule has 7 heteroatoms. The number of halogens is 3. The summed E-state index contributed by atoms with van der Waals surface area (Å²) in [5.41, 5.74) is 2.18. The van der Waals surface area contributed by atoms with E-state index < -0.39 is 6.23 Å². The number of thiazole rings is 1. The number of fused-ring (bicyclic) bond motifs is 5. The first-order valence-corrected chi connectivity index (χ1v) is 11.4. The van der Waals surface area contributed by atoms with Crippen LogP contribution in [0.4, 0.5) is 4.39 Å². The fourth-order valence-corrected chi connectivity index (χ4v) is 4.98. The van der Waals surface area contributed by atoms with Crippen LogP contribution in [-0.4, -0.2) is 9.55 Å². The van der Waals surface area contributed by atoms with Crippen molar-refractivity contribution in [1.29, 1.82) is 0 Å². The average molecular weight is 494 g/mol. The van der Waals surface area contributed by atoms with Gasteiger partial charge in [-0.15, -0.1) is 11.3 Å². The lowest BCUT2D eigenvalue weighted by Gasteiger charge is -2.29. The zero-order chi connectivity index (χ0) is 20.7. The van der Waals surface area contributed by atoms with E-state index >= 15 is 0 Å². The van der Waals surface area contributed by atoms with Gasteiger partial charge in [-0.1, -0.05) is 48.3 Å². The quantitative estimate of drug-likeness (QED) is 0.284. The highest BCUT2D eigenvalue weighted by molar-refractivity contribution is 9.10. The van der Waals surface area contributed by atoms with E-state index in [9.17, 15) is 4.39 Å². The second kappa shape index (κ2) is 8.09. The number of aryl methyl sites for hydroxylation is 1. The Morgan fingerprint density at radius 3 is 2.76 bits per heavy atom. The van der Waals surface area contributed by atoms with Crippen LogP contribution in [0, 0.1) is 5.82 Å². The van der Waals surface area contributed by atoms with Crippen LogP contribution in [0.2, 0.25) is 5.02 Å². The van der Waals surface area contributed by atoms with Crippen molar-refractivity contribution in [3.05, 3.63) is 67.8 Å². The van der Waals surface area contributed by atoms with Crippen molar-refractivity contribution >= 4 is 49.8 Å². The highest BCUT2D eigenvalue weighted by Crippen LogP contribution is 2.47. The molecular formula is C22H19BrClFN2OS. The molecule has 3 heterocycles. The van der Waals surface area contributed by atoms with Crippen molar-refractivity contribution in [3.63, 3.8) is 0 Å². The van der Waals surface area contributed by atoms with Gasteiger partial charge < -0.3 is 4.74 Å². The molecule has 2 aromatic carbocycles. The largest absolute Gasteiger partial charge is 0.464 e. The highest BCUT2D eigenvalue weighted by atomic mass is 79.9. The maximum atomic E-state index is 14.8. The molecule has 0 fully saturated rings. The molecule has 0 radical (unpaired) electrons. The molecule has 1 unspecified atom stereocenters. The minimum absolute atomic E-state index is 0.327. The minimum atomic E-state index is -0.405. The van der Waals surface area contributed by atoms with E-state index in [2.05, 4.69) is 27.8 Å². The standard InChI is InChI=1S/C20H13BrClFN2OS.C2H6/c1-2-18-24-9-17(27-18)20-25-14-4-3-12(22)5-10(14)6-15(25)19-13(23)7-11(21)8-16(19)26-20;1-2/h3-9,20H,2H2,1H3;1-2H3. The average Bonchev–Trinajstić information content (AvgIpc) is 3.32. The molecule has 150 valence electrons. The van der Waals surface area contributed by atoms with Gasteiger partial charge in [0, 0.05) is 21.1 Å². The predicted octanol–water partition coefficient (Wildman–Crippen LogP) is 7.85. The SMILES string of the molecule is CC.CCc1ncc(C2Oc3cc(Br)cc(F)c3-c3cc4cc(Cl)ccc4n32)s1. The first-order chi connectivity index (χ1) is 14.0. The summed E-state index contributed by atoms with van der Waals surface area (Å²) >= 11 is 11.2. The number of hydrogen-bond donors (Lipinski definition) is 0. The summed E-state index contributed by atoms with van der Waals surface area (Å²) in [5, 5.41) is 2.63. The lowest BCUT2D eigenvalue weighted by atomic mass is 10.1. The lowest BCUT2D eigenvalue weighted by Crippen LogP contribution is -2.22. The summed E-state index contributed by atoms with van der Waals surface area (Å²) in [5.74, 6) is 0.186. The van der Waals surface area contributed by atoms with Crippen LogP contribution in [0.5, 0.6) is 5.75 Å². The maximum absolute atomic E-state index is 14.8. The van der Waals surface area contributed by atoms with Crippen LogP contribution in [0.1, 0.15) is 36.9 Å². The Balaban J connectivity index is 0.000000994. The van der Waals surface area contributed by atoms with E-state index in [0.29, 0.717) is 20.8 Å². The van der Waals surface area contributed by atoms with Crippen LogP contribution in [0.15, 0.2) is 47.1 Å². The molecule has 1 aliphatic heterocycles. The molecule has 2 aromatic heterocycles. The third-order valence-electron chi connectivity index (χ3n) is 4.67. The maximum Gasteiger partial charge on any atom is 0.213 e. The van der Waals surface area contributed by atoms with Crippen molar-refractivity contribution < 1.29 is 9.13 Å². The molecular weight excluding hydrogens is 475 g/mol. The molecule has 3 nitrogen and oxygen atoms in total. The van der Waals surface area contributed by atoms with Gasteiger partial charge in [0.05, 0.1) is 26.7 Å². The molecule has 1 atom stereocenters. The fourth-order valence-electron chi connectivity index (χ4n) is 3.50. The van der Waals surface area contributed by atoms with Crippen LogP contribution < -0.4 is 4.74 Å². The number of hydrogen-bond acceptors (Lipinski definition) is 3. The molecule has 0 saturated carbocycles. The normalized spacial score (nSPS) is 14.6. The Hall–Kier alpha value is -1.89. The third-order valence-corrected chi connectivity index (χ3v) is 6.53. The smallest absolute Gasteiger partial charge is 0.213 e. The zero-order valence-corrected chi connectivity index (χ0v) is 19.3. The van der Waals surface area contributed by atoms with Crippen LogP contribution in [0.3, 0.4) is 0 Å². The highest BCUT2D eigenvalue weighted by Gasteiger charge is 2.32. The van der Waals surface area contributed by atoms with E-state index in [0.717, 1.165) is 32.9 Å². The first kappa shape index (κ1) is 20.4. The van der Waals surface area contributed by atoms with Gasteiger partial charge >= 0.3 is 0 Å². The van der Waals surface area contributed by atoms with Gasteiger partial charge in [0.2, 0.25) is 6.23 Å². The Morgan fingerprint density at radius 1 is 1.24 bits per heavy atom. The lowest BCUT2D eigenvalue weighted by molar-refractivity contribution is 0.175. The number of nitrogens with zero attached hydrogens (tertiary/aromatic N) is 2.